The predicted molar refractivity (Wildman–Crippen MR) is 61.8 cm³/mol. The average Bonchev–Trinajstić information content (AvgIpc) is 2.19. The fourth-order valence-corrected chi connectivity index (χ4v) is 1.21. The first-order valence-corrected chi connectivity index (χ1v) is 5.38. The van der Waals surface area contributed by atoms with E-state index in [0.29, 0.717) is 13.2 Å². The lowest BCUT2D eigenvalue weighted by molar-refractivity contribution is -0.151. The van der Waals surface area contributed by atoms with E-state index in [0.717, 1.165) is 0 Å². The molecule has 0 aliphatic rings. The summed E-state index contributed by atoms with van der Waals surface area (Å²) < 4.78 is 9.86. The summed E-state index contributed by atoms with van der Waals surface area (Å²) in [4.78, 5) is 23.7. The second-order valence-corrected chi connectivity index (χ2v) is 4.59. The normalized spacial score (nSPS) is 11.3. The van der Waals surface area contributed by atoms with Gasteiger partial charge in [-0.05, 0) is 20.8 Å². The van der Waals surface area contributed by atoms with Crippen molar-refractivity contribution in [3.8, 4) is 0 Å². The fourth-order valence-electron chi connectivity index (χ4n) is 1.21. The van der Waals surface area contributed by atoms with Crippen molar-refractivity contribution in [1.29, 1.82) is 0 Å². The molecule has 0 aliphatic heterocycles. The Hall–Kier alpha value is -1.14. The molecule has 6 nitrogen and oxygen atoms in total. The monoisotopic (exact) mass is 247 g/mol. The van der Waals surface area contributed by atoms with Crippen molar-refractivity contribution in [2.45, 2.75) is 26.3 Å². The first-order chi connectivity index (χ1) is 7.79. The molecule has 0 aromatic heterocycles. The van der Waals surface area contributed by atoms with Crippen molar-refractivity contribution in [2.75, 3.05) is 33.5 Å². The first-order valence-electron chi connectivity index (χ1n) is 5.38. The van der Waals surface area contributed by atoms with Crippen LogP contribution in [-0.4, -0.2) is 60.9 Å². The number of ether oxygens (including phenoxy) is 2. The maximum Gasteiger partial charge on any atom is 0.323 e. The molecule has 1 N–H and O–H groups in total. The van der Waals surface area contributed by atoms with Crippen LogP contribution in [0.15, 0.2) is 0 Å². The van der Waals surface area contributed by atoms with Crippen LogP contribution in [0, 0.1) is 0 Å². The van der Waals surface area contributed by atoms with E-state index in [-0.39, 0.29) is 19.1 Å². The summed E-state index contributed by atoms with van der Waals surface area (Å²) in [5.41, 5.74) is -0.542. The van der Waals surface area contributed by atoms with Crippen molar-refractivity contribution in [3.05, 3.63) is 0 Å². The summed E-state index contributed by atoms with van der Waals surface area (Å²) in [7, 11) is 1.54. The maximum atomic E-state index is 11.8. The Morgan fingerprint density at radius 3 is 2.24 bits per heavy atom. The number of rotatable bonds is 7. The Balaban J connectivity index is 4.29. The van der Waals surface area contributed by atoms with E-state index in [4.69, 9.17) is 14.6 Å². The van der Waals surface area contributed by atoms with E-state index in [1.54, 1.807) is 20.8 Å². The van der Waals surface area contributed by atoms with Crippen LogP contribution in [-0.2, 0) is 19.1 Å². The molecule has 0 aliphatic carbocycles. The van der Waals surface area contributed by atoms with E-state index in [9.17, 15) is 9.59 Å². The molecule has 0 spiro atoms. The minimum absolute atomic E-state index is 0.131. The van der Waals surface area contributed by atoms with Gasteiger partial charge in [0.15, 0.2) is 0 Å². The molecule has 0 bridgehead atoms. The zero-order valence-corrected chi connectivity index (χ0v) is 10.9. The molecule has 0 saturated carbocycles. The van der Waals surface area contributed by atoms with Gasteiger partial charge in [0.25, 0.3) is 0 Å². The maximum absolute atomic E-state index is 11.8. The van der Waals surface area contributed by atoms with Crippen LogP contribution >= 0.6 is 0 Å². The summed E-state index contributed by atoms with van der Waals surface area (Å²) in [6.07, 6.45) is 0. The van der Waals surface area contributed by atoms with Gasteiger partial charge >= 0.3 is 5.97 Å². The lowest BCUT2D eigenvalue weighted by Gasteiger charge is -2.34. The van der Waals surface area contributed by atoms with Gasteiger partial charge in [-0.15, -0.1) is 0 Å². The number of hydrogen-bond acceptors (Lipinski definition) is 4. The van der Waals surface area contributed by atoms with Crippen LogP contribution in [0.1, 0.15) is 20.8 Å². The first kappa shape index (κ1) is 15.9. The molecule has 6 heteroatoms. The summed E-state index contributed by atoms with van der Waals surface area (Å²) in [5, 5.41) is 8.75. The van der Waals surface area contributed by atoms with Gasteiger partial charge in [-0.25, -0.2) is 0 Å². The topological polar surface area (TPSA) is 76.1 Å². The van der Waals surface area contributed by atoms with E-state index in [1.807, 2.05) is 0 Å². The third-order valence-electron chi connectivity index (χ3n) is 2.06. The summed E-state index contributed by atoms with van der Waals surface area (Å²) >= 11 is 0. The number of carbonyl (C=O) groups excluding carboxylic acids is 1. The lowest BCUT2D eigenvalue weighted by atomic mass is 10.1. The fraction of sp³-hybridized carbons (Fsp3) is 0.818. The molecule has 0 radical (unpaired) electrons. The molecule has 0 aromatic carbocycles. The van der Waals surface area contributed by atoms with Gasteiger partial charge < -0.3 is 19.5 Å². The Morgan fingerprint density at radius 1 is 1.24 bits per heavy atom. The van der Waals surface area contributed by atoms with E-state index < -0.39 is 11.5 Å². The minimum atomic E-state index is -1.04. The lowest BCUT2D eigenvalue weighted by Crippen LogP contribution is -2.49. The van der Waals surface area contributed by atoms with E-state index >= 15 is 0 Å². The molecule has 0 rings (SSSR count). The molecule has 0 atom stereocenters. The number of nitrogens with zero attached hydrogens (tertiary/aromatic N) is 1. The van der Waals surface area contributed by atoms with Gasteiger partial charge in [0, 0.05) is 12.6 Å². The number of hydrogen-bond donors (Lipinski definition) is 1. The number of carboxylic acids is 1. The number of carbonyl (C=O) groups is 2. The molecule has 0 aromatic rings. The number of aliphatic carboxylic acids is 1. The Labute approximate surface area is 101 Å². The largest absolute Gasteiger partial charge is 0.480 e. The third kappa shape index (κ3) is 6.91. The number of amides is 1. The van der Waals surface area contributed by atoms with Crippen LogP contribution in [0.4, 0.5) is 0 Å². The highest BCUT2D eigenvalue weighted by molar-refractivity contribution is 5.82. The van der Waals surface area contributed by atoms with Gasteiger partial charge in [0.05, 0.1) is 13.2 Å². The van der Waals surface area contributed by atoms with Crippen molar-refractivity contribution in [1.82, 2.24) is 4.90 Å². The second-order valence-electron chi connectivity index (χ2n) is 4.59. The quantitative estimate of drug-likeness (QED) is 0.657. The van der Waals surface area contributed by atoms with Crippen LogP contribution in [0.2, 0.25) is 0 Å². The summed E-state index contributed by atoms with van der Waals surface area (Å²) in [5.74, 6) is -1.37. The minimum Gasteiger partial charge on any atom is -0.480 e. The number of methoxy groups -OCH3 is 1. The number of carboxylic acid groups (broad SMARTS) is 1. The average molecular weight is 247 g/mol. The predicted octanol–water partition coefficient (Wildman–Crippen LogP) is 0.361. The van der Waals surface area contributed by atoms with Crippen molar-refractivity contribution >= 4 is 11.9 Å². The van der Waals surface area contributed by atoms with Gasteiger partial charge in [-0.2, -0.15) is 0 Å². The van der Waals surface area contributed by atoms with Gasteiger partial charge in [0.1, 0.15) is 13.2 Å². The highest BCUT2D eigenvalue weighted by atomic mass is 16.5. The van der Waals surface area contributed by atoms with E-state index in [1.165, 1.54) is 12.0 Å². The summed E-state index contributed by atoms with van der Waals surface area (Å²) in [6, 6.07) is 0. The van der Waals surface area contributed by atoms with Crippen molar-refractivity contribution in [3.63, 3.8) is 0 Å². The smallest absolute Gasteiger partial charge is 0.323 e. The zero-order valence-electron chi connectivity index (χ0n) is 10.9. The second kappa shape index (κ2) is 7.24. The highest BCUT2D eigenvalue weighted by Crippen LogP contribution is 2.13. The Bertz CT molecular complexity index is 259. The molecule has 100 valence electrons. The van der Waals surface area contributed by atoms with E-state index in [2.05, 4.69) is 0 Å². The van der Waals surface area contributed by atoms with Gasteiger partial charge in [0.2, 0.25) is 5.91 Å². The molecule has 0 heterocycles. The molecule has 1 amide bonds. The van der Waals surface area contributed by atoms with Gasteiger partial charge in [-0.3, -0.25) is 9.59 Å². The molecular formula is C11H21NO5. The SMILES string of the molecule is COCCOCC(=O)N(CC(=O)O)C(C)(C)C. The molecule has 17 heavy (non-hydrogen) atoms. The van der Waals surface area contributed by atoms with Crippen LogP contribution < -0.4 is 0 Å². The highest BCUT2D eigenvalue weighted by Gasteiger charge is 2.28. The Morgan fingerprint density at radius 2 is 1.82 bits per heavy atom. The van der Waals surface area contributed by atoms with Crippen LogP contribution in [0.25, 0.3) is 0 Å². The Kier molecular flexibility index (Phi) is 6.75. The summed E-state index contributed by atoms with van der Waals surface area (Å²) in [6.45, 7) is 5.61. The van der Waals surface area contributed by atoms with Crippen LogP contribution in [0.3, 0.4) is 0 Å². The standard InChI is InChI=1S/C11H21NO5/c1-11(2,3)12(7-10(14)15)9(13)8-17-6-5-16-4/h5-8H2,1-4H3,(H,14,15). The third-order valence-corrected chi connectivity index (χ3v) is 2.06. The van der Waals surface area contributed by atoms with Crippen molar-refractivity contribution in [2.24, 2.45) is 0 Å². The molecule has 0 unspecified atom stereocenters. The molecule has 0 saturated heterocycles. The van der Waals surface area contributed by atoms with Gasteiger partial charge in [-0.1, -0.05) is 0 Å². The van der Waals surface area contributed by atoms with Crippen LogP contribution in [0.5, 0.6) is 0 Å². The zero-order chi connectivity index (χ0) is 13.5. The van der Waals surface area contributed by atoms with Crippen molar-refractivity contribution < 1.29 is 24.2 Å². The molecular weight excluding hydrogens is 226 g/mol. The molecule has 0 fully saturated rings.